The van der Waals surface area contributed by atoms with Crippen molar-refractivity contribution in [2.45, 2.75) is 44.9 Å². The van der Waals surface area contributed by atoms with Gasteiger partial charge in [-0.05, 0) is 61.7 Å². The number of hydrogen-bond donors (Lipinski definition) is 0. The molecule has 0 N–H and O–H groups in total. The van der Waals surface area contributed by atoms with Gasteiger partial charge in [0.1, 0.15) is 0 Å². The molecule has 22 heavy (non-hydrogen) atoms. The maximum atomic E-state index is 10.2. The molecule has 0 aliphatic rings. The number of carboxylic acid groups (broad SMARTS) is 1. The Hall–Kier alpha value is -0.754. The van der Waals surface area contributed by atoms with E-state index in [9.17, 15) is 9.90 Å². The van der Waals surface area contributed by atoms with E-state index in [1.807, 2.05) is 12.2 Å². The number of allylic oxidation sites excluding steroid dienone is 2. The van der Waals surface area contributed by atoms with Crippen LogP contribution in [0.5, 0.6) is 0 Å². The third kappa shape index (κ3) is 12.9. The van der Waals surface area contributed by atoms with Gasteiger partial charge in [0.2, 0.25) is 0 Å². The summed E-state index contributed by atoms with van der Waals surface area (Å²) in [6.45, 7) is 0. The van der Waals surface area contributed by atoms with Crippen LogP contribution in [0.4, 0.5) is 0 Å². The summed E-state index contributed by atoms with van der Waals surface area (Å²) in [6, 6.07) is 3.58. The molecule has 0 radical (unpaired) electrons. The van der Waals surface area contributed by atoms with Crippen LogP contribution in [0, 0.1) is 23.7 Å². The third-order valence-corrected chi connectivity index (χ3v) is 2.79. The number of carbonyl (C=O) groups excluding carboxylic acids is 1. The maximum Gasteiger partial charge on any atom is 1.00 e. The van der Waals surface area contributed by atoms with Crippen LogP contribution in [-0.4, -0.2) is 5.97 Å². The zero-order chi connectivity index (χ0) is 15.2. The summed E-state index contributed by atoms with van der Waals surface area (Å²) in [6.07, 6.45) is 11.5. The average molecular weight is 322 g/mol. The summed E-state index contributed by atoms with van der Waals surface area (Å²) < 4.78 is 5.05. The maximum absolute atomic E-state index is 10.2. The van der Waals surface area contributed by atoms with Gasteiger partial charge in [-0.25, -0.2) is 0 Å². The molecule has 0 bridgehead atoms. The van der Waals surface area contributed by atoms with Gasteiger partial charge in [-0.2, -0.15) is 0 Å². The number of carbonyl (C=O) groups is 1. The molecule has 1 aromatic heterocycles. The topological polar surface area (TPSA) is 53.3 Å². The van der Waals surface area contributed by atoms with Gasteiger partial charge in [-0.15, -0.1) is 0 Å². The average Bonchev–Trinajstić information content (AvgIpc) is 2.97. The third-order valence-electron chi connectivity index (χ3n) is 2.79. The molecule has 0 spiro atoms. The second kappa shape index (κ2) is 15.2. The minimum atomic E-state index is -0.952. The van der Waals surface area contributed by atoms with Crippen molar-refractivity contribution in [2.24, 2.45) is 0 Å². The molecular weight excluding hydrogens is 303 g/mol. The normalized spacial score (nSPS) is 9.27. The standard InChI is InChI=1S/C18H20O3.K/c19-18(20)15-11-9-7-5-3-1-2-4-6-8-10-13-17-14-12-16-21-17;/h2,4,12,14,16H,1,3,5,7,9,11,15H2,(H,19,20);/q;+1/p-1/b4-2-;. The van der Waals surface area contributed by atoms with Crippen LogP contribution in [0.15, 0.2) is 35.0 Å². The molecule has 0 atom stereocenters. The summed E-state index contributed by atoms with van der Waals surface area (Å²) in [4.78, 5) is 10.2. The van der Waals surface area contributed by atoms with E-state index in [4.69, 9.17) is 4.42 Å². The fourth-order valence-corrected chi connectivity index (χ4v) is 1.72. The predicted molar refractivity (Wildman–Crippen MR) is 79.8 cm³/mol. The van der Waals surface area contributed by atoms with Gasteiger partial charge in [-0.3, -0.25) is 0 Å². The Morgan fingerprint density at radius 1 is 1.18 bits per heavy atom. The zero-order valence-electron chi connectivity index (χ0n) is 13.1. The SMILES string of the molecule is O=C([O-])CCCCCCC/C=C\C#CC#Cc1ccco1.[K+]. The van der Waals surface area contributed by atoms with Crippen LogP contribution in [0.2, 0.25) is 0 Å². The molecule has 0 fully saturated rings. The summed E-state index contributed by atoms with van der Waals surface area (Å²) in [7, 11) is 0. The second-order valence-electron chi connectivity index (χ2n) is 4.58. The Balaban J connectivity index is 0.00000441. The first kappa shape index (κ1) is 21.2. The van der Waals surface area contributed by atoms with E-state index in [0.29, 0.717) is 5.76 Å². The van der Waals surface area contributed by atoms with Gasteiger partial charge in [-0.1, -0.05) is 31.3 Å². The van der Waals surface area contributed by atoms with Crippen LogP contribution < -0.4 is 56.5 Å². The Morgan fingerprint density at radius 3 is 2.68 bits per heavy atom. The van der Waals surface area contributed by atoms with Gasteiger partial charge in [0.05, 0.1) is 6.26 Å². The zero-order valence-corrected chi connectivity index (χ0v) is 16.2. The van der Waals surface area contributed by atoms with E-state index in [0.717, 1.165) is 38.5 Å². The van der Waals surface area contributed by atoms with E-state index in [1.54, 1.807) is 18.4 Å². The molecule has 0 aliphatic carbocycles. The van der Waals surface area contributed by atoms with Crippen molar-refractivity contribution in [3.63, 3.8) is 0 Å². The molecule has 0 saturated carbocycles. The van der Waals surface area contributed by atoms with Crippen LogP contribution in [0.1, 0.15) is 50.7 Å². The van der Waals surface area contributed by atoms with Crippen molar-refractivity contribution in [1.82, 2.24) is 0 Å². The first-order valence-electron chi connectivity index (χ1n) is 7.19. The van der Waals surface area contributed by atoms with Crippen LogP contribution >= 0.6 is 0 Å². The molecule has 1 aromatic rings. The van der Waals surface area contributed by atoms with E-state index in [1.165, 1.54) is 0 Å². The molecule has 3 nitrogen and oxygen atoms in total. The number of hydrogen-bond acceptors (Lipinski definition) is 3. The van der Waals surface area contributed by atoms with Gasteiger partial charge in [0, 0.05) is 5.97 Å². The smallest absolute Gasteiger partial charge is 0.550 e. The van der Waals surface area contributed by atoms with E-state index in [-0.39, 0.29) is 57.8 Å². The number of aliphatic carboxylic acids is 1. The Kier molecular flexibility index (Phi) is 14.6. The van der Waals surface area contributed by atoms with E-state index >= 15 is 0 Å². The summed E-state index contributed by atoms with van der Waals surface area (Å²) in [5, 5.41) is 10.2. The molecule has 0 aliphatic heterocycles. The second-order valence-corrected chi connectivity index (χ2v) is 4.58. The van der Waals surface area contributed by atoms with Crippen molar-refractivity contribution in [3.8, 4) is 23.7 Å². The minimum absolute atomic E-state index is 0. The van der Waals surface area contributed by atoms with Crippen molar-refractivity contribution in [1.29, 1.82) is 0 Å². The predicted octanol–water partition coefficient (Wildman–Crippen LogP) is -0.325. The Morgan fingerprint density at radius 2 is 1.95 bits per heavy atom. The first-order valence-corrected chi connectivity index (χ1v) is 7.19. The molecule has 0 aromatic carbocycles. The van der Waals surface area contributed by atoms with Gasteiger partial charge in [0.25, 0.3) is 0 Å². The quantitative estimate of drug-likeness (QED) is 0.374. The Bertz CT molecular complexity index is 551. The van der Waals surface area contributed by atoms with Crippen LogP contribution in [0.3, 0.4) is 0 Å². The molecule has 0 unspecified atom stereocenters. The largest absolute Gasteiger partial charge is 1.00 e. The monoisotopic (exact) mass is 322 g/mol. The fraction of sp³-hybridized carbons (Fsp3) is 0.389. The Labute approximate surface area is 175 Å². The summed E-state index contributed by atoms with van der Waals surface area (Å²) in [5.41, 5.74) is 0. The van der Waals surface area contributed by atoms with Crippen molar-refractivity contribution in [3.05, 3.63) is 36.3 Å². The molecule has 1 rings (SSSR count). The number of carboxylic acids is 1. The molecule has 110 valence electrons. The molecular formula is C18H19KO3. The van der Waals surface area contributed by atoms with Gasteiger partial charge < -0.3 is 14.3 Å². The molecule has 4 heteroatoms. The van der Waals surface area contributed by atoms with Crippen LogP contribution in [-0.2, 0) is 4.79 Å². The number of unbranched alkanes of at least 4 members (excludes halogenated alkanes) is 5. The summed E-state index contributed by atoms with van der Waals surface area (Å²) in [5.74, 6) is 10.8. The number of furan rings is 1. The minimum Gasteiger partial charge on any atom is -0.550 e. The van der Waals surface area contributed by atoms with E-state index < -0.39 is 5.97 Å². The van der Waals surface area contributed by atoms with Crippen molar-refractivity contribution >= 4 is 5.97 Å². The van der Waals surface area contributed by atoms with Gasteiger partial charge in [0.15, 0.2) is 5.76 Å². The molecule has 0 saturated heterocycles. The van der Waals surface area contributed by atoms with E-state index in [2.05, 4.69) is 23.7 Å². The number of rotatable bonds is 8. The molecule has 0 amide bonds. The first-order chi connectivity index (χ1) is 10.3. The van der Waals surface area contributed by atoms with Crippen molar-refractivity contribution < 1.29 is 65.7 Å². The van der Waals surface area contributed by atoms with Gasteiger partial charge >= 0.3 is 51.4 Å². The van der Waals surface area contributed by atoms with Crippen molar-refractivity contribution in [2.75, 3.05) is 0 Å². The summed E-state index contributed by atoms with van der Waals surface area (Å²) >= 11 is 0. The van der Waals surface area contributed by atoms with Crippen LogP contribution in [0.25, 0.3) is 0 Å². The fourth-order valence-electron chi connectivity index (χ4n) is 1.72. The molecule has 1 heterocycles.